The van der Waals surface area contributed by atoms with Crippen LogP contribution in [0.4, 0.5) is 0 Å². The van der Waals surface area contributed by atoms with Crippen LogP contribution in [0.5, 0.6) is 11.5 Å². The zero-order chi connectivity index (χ0) is 23.3. The molecule has 0 fully saturated rings. The number of benzene rings is 3. The molecule has 0 aliphatic rings. The predicted octanol–water partition coefficient (Wildman–Crippen LogP) is 5.61. The van der Waals surface area contributed by atoms with Crippen LogP contribution in [-0.4, -0.2) is 29.4 Å². The normalized spacial score (nSPS) is 11.7. The van der Waals surface area contributed by atoms with Crippen LogP contribution in [0.1, 0.15) is 48.5 Å². The highest BCUT2D eigenvalue weighted by Crippen LogP contribution is 2.22. The molecule has 0 saturated carbocycles. The minimum Gasteiger partial charge on any atom is -0.493 e. The number of aliphatic hydroxyl groups excluding tert-OH is 1. The van der Waals surface area contributed by atoms with E-state index < -0.39 is 12.1 Å². The maximum absolute atomic E-state index is 10.6. The van der Waals surface area contributed by atoms with Crippen LogP contribution in [0.15, 0.2) is 78.9 Å². The zero-order valence-corrected chi connectivity index (χ0v) is 18.9. The summed E-state index contributed by atoms with van der Waals surface area (Å²) in [6, 6.07) is 25.5. The first-order chi connectivity index (χ1) is 16.1. The van der Waals surface area contributed by atoms with Gasteiger partial charge in [-0.15, -0.1) is 0 Å². The molecule has 3 aromatic rings. The van der Waals surface area contributed by atoms with Gasteiger partial charge in [-0.2, -0.15) is 0 Å². The molecule has 174 valence electrons. The van der Waals surface area contributed by atoms with E-state index in [4.69, 9.17) is 14.6 Å². The maximum atomic E-state index is 10.6. The molecule has 0 heterocycles. The average molecular weight is 449 g/mol. The van der Waals surface area contributed by atoms with Gasteiger partial charge in [0.25, 0.3) is 0 Å². The van der Waals surface area contributed by atoms with Crippen molar-refractivity contribution >= 4 is 5.97 Å². The predicted molar refractivity (Wildman–Crippen MR) is 129 cm³/mol. The first kappa shape index (κ1) is 24.3. The molecule has 0 bridgehead atoms. The van der Waals surface area contributed by atoms with E-state index in [0.717, 1.165) is 48.3 Å². The van der Waals surface area contributed by atoms with Gasteiger partial charge in [0.1, 0.15) is 11.5 Å². The van der Waals surface area contributed by atoms with Gasteiger partial charge in [-0.05, 0) is 66.6 Å². The number of carboxylic acids is 1. The van der Waals surface area contributed by atoms with E-state index >= 15 is 0 Å². The van der Waals surface area contributed by atoms with Gasteiger partial charge in [-0.1, -0.05) is 54.6 Å². The smallest absolute Gasteiger partial charge is 0.303 e. The number of aryl methyl sites for hydroxylation is 2. The number of ether oxygens (including phenoxy) is 2. The standard InChI is InChI=1S/C28H32O5/c29-27(9-4-8-22-6-2-1-3-7-22)24-13-17-26(18-14-24)33-21-5-20-32-25-15-10-23(11-16-25)12-19-28(30)31/h1-3,6-7,10-11,13-18,27,29H,4-5,8-9,12,19-21H2,(H,30,31). The molecule has 0 saturated heterocycles. The van der Waals surface area contributed by atoms with E-state index in [1.54, 1.807) is 0 Å². The molecule has 5 nitrogen and oxygen atoms in total. The SMILES string of the molecule is O=C(O)CCc1ccc(OCCCOc2ccc(C(O)CCCc3ccccc3)cc2)cc1. The average Bonchev–Trinajstić information content (AvgIpc) is 2.84. The molecule has 5 heteroatoms. The number of carboxylic acid groups (broad SMARTS) is 1. The molecular formula is C28H32O5. The minimum atomic E-state index is -0.792. The zero-order valence-electron chi connectivity index (χ0n) is 18.9. The Morgan fingerprint density at radius 1 is 0.727 bits per heavy atom. The summed E-state index contributed by atoms with van der Waals surface area (Å²) in [5.74, 6) is 0.748. The largest absolute Gasteiger partial charge is 0.493 e. The second-order valence-electron chi connectivity index (χ2n) is 8.05. The molecule has 0 aliphatic heterocycles. The molecule has 3 aromatic carbocycles. The second kappa shape index (κ2) is 13.3. The van der Waals surface area contributed by atoms with E-state index in [-0.39, 0.29) is 6.42 Å². The third-order valence-corrected chi connectivity index (χ3v) is 5.43. The Bertz CT molecular complexity index is 952. The fourth-order valence-electron chi connectivity index (χ4n) is 3.54. The molecular weight excluding hydrogens is 416 g/mol. The molecule has 2 N–H and O–H groups in total. The van der Waals surface area contributed by atoms with Crippen molar-refractivity contribution in [1.82, 2.24) is 0 Å². The topological polar surface area (TPSA) is 76.0 Å². The van der Waals surface area contributed by atoms with E-state index in [2.05, 4.69) is 12.1 Å². The lowest BCUT2D eigenvalue weighted by Crippen LogP contribution is -2.05. The van der Waals surface area contributed by atoms with Crippen molar-refractivity contribution < 1.29 is 24.5 Å². The fraction of sp³-hybridized carbons (Fsp3) is 0.321. The van der Waals surface area contributed by atoms with Crippen molar-refractivity contribution in [3.05, 3.63) is 95.6 Å². The van der Waals surface area contributed by atoms with Gasteiger partial charge in [0.05, 0.1) is 19.3 Å². The molecule has 1 unspecified atom stereocenters. The monoisotopic (exact) mass is 448 g/mol. The van der Waals surface area contributed by atoms with Gasteiger partial charge in [-0.3, -0.25) is 4.79 Å². The summed E-state index contributed by atoms with van der Waals surface area (Å²) in [4.78, 5) is 10.6. The van der Waals surface area contributed by atoms with E-state index in [0.29, 0.717) is 19.6 Å². The summed E-state index contributed by atoms with van der Waals surface area (Å²) >= 11 is 0. The Labute approximate surface area is 195 Å². The van der Waals surface area contributed by atoms with Gasteiger partial charge >= 0.3 is 5.97 Å². The van der Waals surface area contributed by atoms with Crippen molar-refractivity contribution in [2.45, 2.75) is 44.6 Å². The molecule has 0 radical (unpaired) electrons. The van der Waals surface area contributed by atoms with Gasteiger partial charge < -0.3 is 19.7 Å². The van der Waals surface area contributed by atoms with Gasteiger partial charge in [-0.25, -0.2) is 0 Å². The Hall–Kier alpha value is -3.31. The Morgan fingerprint density at radius 3 is 1.91 bits per heavy atom. The van der Waals surface area contributed by atoms with Crippen LogP contribution in [-0.2, 0) is 17.6 Å². The second-order valence-corrected chi connectivity index (χ2v) is 8.05. The lowest BCUT2D eigenvalue weighted by molar-refractivity contribution is -0.136. The van der Waals surface area contributed by atoms with Gasteiger partial charge in [0, 0.05) is 12.8 Å². The Kier molecular flexibility index (Phi) is 9.80. The van der Waals surface area contributed by atoms with Crippen molar-refractivity contribution in [3.8, 4) is 11.5 Å². The fourth-order valence-corrected chi connectivity index (χ4v) is 3.54. The van der Waals surface area contributed by atoms with Crippen LogP contribution in [0.25, 0.3) is 0 Å². The van der Waals surface area contributed by atoms with Crippen LogP contribution >= 0.6 is 0 Å². The highest BCUT2D eigenvalue weighted by Gasteiger charge is 2.08. The summed E-state index contributed by atoms with van der Waals surface area (Å²) in [6.07, 6.45) is 3.56. The number of rotatable bonds is 14. The third-order valence-electron chi connectivity index (χ3n) is 5.43. The number of carbonyl (C=O) groups is 1. The third kappa shape index (κ3) is 8.99. The Morgan fingerprint density at radius 2 is 1.30 bits per heavy atom. The summed E-state index contributed by atoms with van der Waals surface area (Å²) in [5.41, 5.74) is 3.19. The number of aliphatic carboxylic acids is 1. The summed E-state index contributed by atoms with van der Waals surface area (Å²) in [6.45, 7) is 1.07. The molecule has 33 heavy (non-hydrogen) atoms. The van der Waals surface area contributed by atoms with Crippen molar-refractivity contribution in [2.75, 3.05) is 13.2 Å². The van der Waals surface area contributed by atoms with Crippen molar-refractivity contribution in [1.29, 1.82) is 0 Å². The van der Waals surface area contributed by atoms with Crippen LogP contribution < -0.4 is 9.47 Å². The lowest BCUT2D eigenvalue weighted by Gasteiger charge is -2.12. The van der Waals surface area contributed by atoms with Gasteiger partial charge in [0.2, 0.25) is 0 Å². The first-order valence-corrected chi connectivity index (χ1v) is 11.5. The quantitative estimate of drug-likeness (QED) is 0.314. The number of aliphatic hydroxyl groups is 1. The van der Waals surface area contributed by atoms with E-state index in [9.17, 15) is 9.90 Å². The molecule has 1 atom stereocenters. The molecule has 0 aromatic heterocycles. The van der Waals surface area contributed by atoms with Crippen LogP contribution in [0.2, 0.25) is 0 Å². The highest BCUT2D eigenvalue weighted by atomic mass is 16.5. The number of hydrogen-bond donors (Lipinski definition) is 2. The molecule has 0 spiro atoms. The molecule has 0 aliphatic carbocycles. The summed E-state index contributed by atoms with van der Waals surface area (Å²) in [7, 11) is 0. The van der Waals surface area contributed by atoms with Gasteiger partial charge in [0.15, 0.2) is 0 Å². The van der Waals surface area contributed by atoms with Crippen LogP contribution in [0.3, 0.4) is 0 Å². The minimum absolute atomic E-state index is 0.131. The van der Waals surface area contributed by atoms with E-state index in [1.807, 2.05) is 66.7 Å². The summed E-state index contributed by atoms with van der Waals surface area (Å²) in [5, 5.41) is 19.2. The lowest BCUT2D eigenvalue weighted by atomic mass is 10.0. The van der Waals surface area contributed by atoms with Crippen molar-refractivity contribution in [2.24, 2.45) is 0 Å². The molecule has 3 rings (SSSR count). The maximum Gasteiger partial charge on any atom is 0.303 e. The first-order valence-electron chi connectivity index (χ1n) is 11.5. The molecule has 0 amide bonds. The highest BCUT2D eigenvalue weighted by molar-refractivity contribution is 5.67. The van der Waals surface area contributed by atoms with E-state index in [1.165, 1.54) is 5.56 Å². The number of hydrogen-bond acceptors (Lipinski definition) is 4. The summed E-state index contributed by atoms with van der Waals surface area (Å²) < 4.78 is 11.5. The van der Waals surface area contributed by atoms with Crippen molar-refractivity contribution in [3.63, 3.8) is 0 Å². The van der Waals surface area contributed by atoms with Crippen LogP contribution in [0, 0.1) is 0 Å². The Balaban J connectivity index is 1.30.